The normalized spacial score (nSPS) is 29.4. The zero-order valence-electron chi connectivity index (χ0n) is 11.6. The molecule has 0 saturated carbocycles. The van der Waals surface area contributed by atoms with Gasteiger partial charge in [0.25, 0.3) is 0 Å². The summed E-state index contributed by atoms with van der Waals surface area (Å²) < 4.78 is 11.3. The zero-order chi connectivity index (χ0) is 13.2. The molecule has 0 aromatic rings. The molecule has 0 aliphatic carbocycles. The Morgan fingerprint density at radius 3 is 2.83 bits per heavy atom. The summed E-state index contributed by atoms with van der Waals surface area (Å²) in [7, 11) is 0. The highest BCUT2D eigenvalue weighted by atomic mass is 16.6. The molecule has 1 N–H and O–H groups in total. The first-order valence-electron chi connectivity index (χ1n) is 6.73. The van der Waals surface area contributed by atoms with Crippen molar-refractivity contribution in [3.05, 3.63) is 0 Å². The molecule has 1 amide bonds. The van der Waals surface area contributed by atoms with Crippen molar-refractivity contribution in [1.82, 2.24) is 10.2 Å². The van der Waals surface area contributed by atoms with Crippen molar-refractivity contribution in [2.75, 3.05) is 32.8 Å². The Bertz CT molecular complexity index is 300. The third-order valence-electron chi connectivity index (χ3n) is 3.33. The molecule has 2 aliphatic heterocycles. The fourth-order valence-corrected chi connectivity index (χ4v) is 2.53. The molecule has 2 aliphatic rings. The summed E-state index contributed by atoms with van der Waals surface area (Å²) in [5.41, 5.74) is -0.638. The monoisotopic (exact) mass is 256 g/mol. The van der Waals surface area contributed by atoms with Gasteiger partial charge in [-0.05, 0) is 40.2 Å². The van der Waals surface area contributed by atoms with Gasteiger partial charge in [-0.15, -0.1) is 0 Å². The first-order valence-corrected chi connectivity index (χ1v) is 6.73. The van der Waals surface area contributed by atoms with Gasteiger partial charge in [-0.25, -0.2) is 4.79 Å². The number of nitrogens with one attached hydrogen (secondary N) is 1. The van der Waals surface area contributed by atoms with Gasteiger partial charge in [-0.3, -0.25) is 0 Å². The summed E-state index contributed by atoms with van der Waals surface area (Å²) in [4.78, 5) is 13.8. The van der Waals surface area contributed by atoms with Gasteiger partial charge < -0.3 is 19.7 Å². The van der Waals surface area contributed by atoms with Crippen LogP contribution in [-0.4, -0.2) is 55.0 Å². The Morgan fingerprint density at radius 2 is 2.22 bits per heavy atom. The van der Waals surface area contributed by atoms with Gasteiger partial charge in [-0.1, -0.05) is 0 Å². The van der Waals surface area contributed by atoms with Crippen molar-refractivity contribution >= 4 is 6.09 Å². The van der Waals surface area contributed by atoms with Crippen molar-refractivity contribution in [2.24, 2.45) is 0 Å². The molecule has 1 atom stereocenters. The van der Waals surface area contributed by atoms with E-state index in [1.807, 2.05) is 20.8 Å². The maximum absolute atomic E-state index is 12.1. The average molecular weight is 256 g/mol. The summed E-state index contributed by atoms with van der Waals surface area (Å²) in [6.07, 6.45) is 1.89. The van der Waals surface area contributed by atoms with E-state index in [1.54, 1.807) is 4.90 Å². The van der Waals surface area contributed by atoms with Gasteiger partial charge >= 0.3 is 6.09 Å². The number of morpholine rings is 1. The van der Waals surface area contributed by atoms with Gasteiger partial charge in [0.1, 0.15) is 5.60 Å². The van der Waals surface area contributed by atoms with Crippen LogP contribution in [0.15, 0.2) is 0 Å². The molecular weight excluding hydrogens is 232 g/mol. The Hall–Kier alpha value is -0.810. The highest BCUT2D eigenvalue weighted by molar-refractivity contribution is 5.68. The third kappa shape index (κ3) is 3.36. The second kappa shape index (κ2) is 5.05. The molecule has 2 fully saturated rings. The number of rotatable bonds is 0. The van der Waals surface area contributed by atoms with Gasteiger partial charge in [0, 0.05) is 13.1 Å². The molecule has 1 spiro atoms. The van der Waals surface area contributed by atoms with Gasteiger partial charge in [0.2, 0.25) is 0 Å². The van der Waals surface area contributed by atoms with Crippen LogP contribution in [0, 0.1) is 0 Å². The lowest BCUT2D eigenvalue weighted by Crippen LogP contribution is -2.60. The van der Waals surface area contributed by atoms with Gasteiger partial charge in [-0.2, -0.15) is 0 Å². The van der Waals surface area contributed by atoms with E-state index in [0.717, 1.165) is 25.9 Å². The molecule has 0 aromatic carbocycles. The lowest BCUT2D eigenvalue weighted by Gasteiger charge is -2.45. The molecule has 0 unspecified atom stereocenters. The maximum atomic E-state index is 12.1. The van der Waals surface area contributed by atoms with E-state index in [4.69, 9.17) is 9.47 Å². The Kier molecular flexibility index (Phi) is 3.82. The van der Waals surface area contributed by atoms with E-state index < -0.39 is 5.60 Å². The number of carbonyl (C=O) groups is 1. The lowest BCUT2D eigenvalue weighted by atomic mass is 9.92. The van der Waals surface area contributed by atoms with Crippen LogP contribution in [0.1, 0.15) is 33.6 Å². The van der Waals surface area contributed by atoms with E-state index in [2.05, 4.69) is 5.32 Å². The highest BCUT2D eigenvalue weighted by Crippen LogP contribution is 2.26. The molecule has 18 heavy (non-hydrogen) atoms. The maximum Gasteiger partial charge on any atom is 0.410 e. The van der Waals surface area contributed by atoms with Crippen LogP contribution in [0.3, 0.4) is 0 Å². The number of amides is 1. The van der Waals surface area contributed by atoms with Crippen molar-refractivity contribution in [2.45, 2.75) is 44.8 Å². The first-order chi connectivity index (χ1) is 8.40. The number of ether oxygens (including phenoxy) is 2. The number of carbonyl (C=O) groups excluding carboxylic acids is 1. The van der Waals surface area contributed by atoms with Crippen molar-refractivity contribution in [3.63, 3.8) is 0 Å². The minimum absolute atomic E-state index is 0.201. The van der Waals surface area contributed by atoms with E-state index in [1.165, 1.54) is 0 Å². The van der Waals surface area contributed by atoms with Crippen LogP contribution in [0.5, 0.6) is 0 Å². The van der Waals surface area contributed by atoms with Crippen LogP contribution in [0.2, 0.25) is 0 Å². The number of nitrogens with zero attached hydrogens (tertiary/aromatic N) is 1. The van der Waals surface area contributed by atoms with Crippen molar-refractivity contribution in [3.8, 4) is 0 Å². The molecule has 2 saturated heterocycles. The Balaban J connectivity index is 1.95. The molecule has 0 radical (unpaired) electrons. The third-order valence-corrected chi connectivity index (χ3v) is 3.33. The van der Waals surface area contributed by atoms with E-state index in [-0.39, 0.29) is 11.7 Å². The number of hydrogen-bond donors (Lipinski definition) is 1. The van der Waals surface area contributed by atoms with Crippen LogP contribution in [0.4, 0.5) is 4.79 Å². The van der Waals surface area contributed by atoms with Crippen LogP contribution in [-0.2, 0) is 9.47 Å². The van der Waals surface area contributed by atoms with E-state index >= 15 is 0 Å². The predicted molar refractivity (Wildman–Crippen MR) is 68.6 cm³/mol. The smallest absolute Gasteiger partial charge is 0.410 e. The number of piperidine rings is 1. The molecule has 0 aromatic heterocycles. The SMILES string of the molecule is CC(C)(C)OC(=O)N1CCO[C@@]2(CCCNC2)C1. The molecule has 104 valence electrons. The summed E-state index contributed by atoms with van der Waals surface area (Å²) in [5.74, 6) is 0. The molecule has 5 heteroatoms. The predicted octanol–water partition coefficient (Wildman–Crippen LogP) is 1.38. The lowest BCUT2D eigenvalue weighted by molar-refractivity contribution is -0.117. The van der Waals surface area contributed by atoms with Gasteiger partial charge in [0.05, 0.1) is 18.8 Å². The quantitative estimate of drug-likeness (QED) is 0.711. The van der Waals surface area contributed by atoms with Crippen molar-refractivity contribution in [1.29, 1.82) is 0 Å². The minimum Gasteiger partial charge on any atom is -0.444 e. The minimum atomic E-state index is -0.437. The molecular formula is C13H24N2O3. The molecule has 0 bridgehead atoms. The summed E-state index contributed by atoms with van der Waals surface area (Å²) in [5, 5.41) is 3.35. The Morgan fingerprint density at radius 1 is 1.44 bits per heavy atom. The average Bonchev–Trinajstić information content (AvgIpc) is 2.28. The van der Waals surface area contributed by atoms with Crippen LogP contribution < -0.4 is 5.32 Å². The standard InChI is InChI=1S/C13H24N2O3/c1-12(2,3)18-11(16)15-7-8-17-13(10-15)5-4-6-14-9-13/h14H,4-10H2,1-3H3/t13-/m1/s1. The fourth-order valence-electron chi connectivity index (χ4n) is 2.53. The summed E-state index contributed by atoms with van der Waals surface area (Å²) in [6, 6.07) is 0. The molecule has 2 rings (SSSR count). The van der Waals surface area contributed by atoms with Gasteiger partial charge in [0.15, 0.2) is 0 Å². The van der Waals surface area contributed by atoms with Crippen LogP contribution >= 0.6 is 0 Å². The molecule has 5 nitrogen and oxygen atoms in total. The molecule has 2 heterocycles. The zero-order valence-corrected chi connectivity index (χ0v) is 11.6. The highest BCUT2D eigenvalue weighted by Gasteiger charge is 2.40. The topological polar surface area (TPSA) is 50.8 Å². The Labute approximate surface area is 109 Å². The van der Waals surface area contributed by atoms with Crippen molar-refractivity contribution < 1.29 is 14.3 Å². The summed E-state index contributed by atoms with van der Waals surface area (Å²) in [6.45, 7) is 9.40. The summed E-state index contributed by atoms with van der Waals surface area (Å²) >= 11 is 0. The van der Waals surface area contributed by atoms with E-state index in [0.29, 0.717) is 19.7 Å². The number of hydrogen-bond acceptors (Lipinski definition) is 4. The largest absolute Gasteiger partial charge is 0.444 e. The van der Waals surface area contributed by atoms with E-state index in [9.17, 15) is 4.79 Å². The fraction of sp³-hybridized carbons (Fsp3) is 0.923. The van der Waals surface area contributed by atoms with Crippen LogP contribution in [0.25, 0.3) is 0 Å². The second-order valence-corrected chi connectivity index (χ2v) is 6.21. The first kappa shape index (κ1) is 13.6. The second-order valence-electron chi connectivity index (χ2n) is 6.21.